The number of rotatable bonds is 3. The van der Waals surface area contributed by atoms with Crippen LogP contribution in [0.3, 0.4) is 0 Å². The summed E-state index contributed by atoms with van der Waals surface area (Å²) in [5, 5.41) is 3.55. The van der Waals surface area contributed by atoms with E-state index in [0.717, 1.165) is 17.1 Å². The average molecular weight is 158 g/mol. The molecule has 0 aromatic carbocycles. The fourth-order valence-corrected chi connectivity index (χ4v) is 1.28. The highest BCUT2D eigenvalue weighted by atomic mass is 32.2. The molecule has 1 aromatic heterocycles. The van der Waals surface area contributed by atoms with Crippen molar-refractivity contribution >= 4 is 17.6 Å². The largest absolute Gasteiger partial charge is 0.367 e. The molecule has 0 bridgehead atoms. The van der Waals surface area contributed by atoms with Gasteiger partial charge in [-0.15, -0.1) is 11.8 Å². The maximum atomic E-state index is 5.43. The molecule has 0 saturated carbocycles. The highest BCUT2D eigenvalue weighted by molar-refractivity contribution is 7.99. The fourth-order valence-electron chi connectivity index (χ4n) is 0.560. The van der Waals surface area contributed by atoms with Crippen LogP contribution in [0.25, 0.3) is 0 Å². The van der Waals surface area contributed by atoms with E-state index in [-0.39, 0.29) is 0 Å². The predicted octanol–water partition coefficient (Wildman–Crippen LogP) is 1.76. The molecule has 0 radical (unpaired) electrons. The van der Waals surface area contributed by atoms with Gasteiger partial charge in [-0.05, 0) is 12.2 Å². The lowest BCUT2D eigenvalue weighted by Gasteiger charge is -1.92. The number of aromatic nitrogens is 1. The van der Waals surface area contributed by atoms with Gasteiger partial charge in [0.15, 0.2) is 0 Å². The Morgan fingerprint density at radius 2 is 2.60 bits per heavy atom. The number of hydrogen-bond acceptors (Lipinski definition) is 4. The second-order valence-corrected chi connectivity index (χ2v) is 3.04. The summed E-state index contributed by atoms with van der Waals surface area (Å²) < 4.78 is 4.67. The number of nitrogens with zero attached hydrogens (tertiary/aromatic N) is 1. The van der Waals surface area contributed by atoms with E-state index in [2.05, 4.69) is 16.6 Å². The first kappa shape index (κ1) is 7.47. The summed E-state index contributed by atoms with van der Waals surface area (Å²) in [4.78, 5) is 0.946. The predicted molar refractivity (Wildman–Crippen MR) is 41.9 cm³/mol. The maximum Gasteiger partial charge on any atom is 0.235 e. The van der Waals surface area contributed by atoms with Crippen LogP contribution in [-0.4, -0.2) is 10.9 Å². The minimum Gasteiger partial charge on any atom is -0.367 e. The van der Waals surface area contributed by atoms with Crippen molar-refractivity contribution in [3.63, 3.8) is 0 Å². The number of anilines is 1. The molecule has 0 unspecified atom stereocenters. The number of nitrogen functional groups attached to an aromatic ring is 1. The van der Waals surface area contributed by atoms with Crippen LogP contribution in [0.2, 0.25) is 0 Å². The topological polar surface area (TPSA) is 52.0 Å². The van der Waals surface area contributed by atoms with E-state index in [1.54, 1.807) is 18.0 Å². The molecule has 0 aliphatic rings. The Labute approximate surface area is 64.0 Å². The molecule has 0 amide bonds. The summed E-state index contributed by atoms with van der Waals surface area (Å²) in [6.45, 7) is 2.12. The molecular formula is C6H10N2OS. The highest BCUT2D eigenvalue weighted by Crippen LogP contribution is 2.24. The van der Waals surface area contributed by atoms with Gasteiger partial charge in [-0.2, -0.15) is 0 Å². The Balaban J connectivity index is 2.49. The second kappa shape index (κ2) is 3.51. The SMILES string of the molecule is CCCSc1cnoc1N. The third kappa shape index (κ3) is 1.67. The van der Waals surface area contributed by atoms with Gasteiger partial charge in [0.05, 0.1) is 11.1 Å². The fraction of sp³-hybridized carbons (Fsp3) is 0.500. The molecule has 0 atom stereocenters. The Kier molecular flexibility index (Phi) is 2.62. The number of thioether (sulfide) groups is 1. The molecule has 0 fully saturated rings. The molecule has 1 rings (SSSR count). The van der Waals surface area contributed by atoms with Crippen molar-refractivity contribution in [3.8, 4) is 0 Å². The molecule has 0 saturated heterocycles. The van der Waals surface area contributed by atoms with Gasteiger partial charge in [0.1, 0.15) is 0 Å². The molecule has 1 heterocycles. The zero-order valence-electron chi connectivity index (χ0n) is 5.83. The number of hydrogen-bond donors (Lipinski definition) is 1. The first-order valence-electron chi connectivity index (χ1n) is 3.17. The first-order chi connectivity index (χ1) is 4.84. The molecular weight excluding hydrogens is 148 g/mol. The van der Waals surface area contributed by atoms with E-state index in [4.69, 9.17) is 5.73 Å². The monoisotopic (exact) mass is 158 g/mol. The van der Waals surface area contributed by atoms with E-state index in [9.17, 15) is 0 Å². The van der Waals surface area contributed by atoms with Crippen LogP contribution >= 0.6 is 11.8 Å². The van der Waals surface area contributed by atoms with Crippen molar-refractivity contribution in [2.45, 2.75) is 18.2 Å². The van der Waals surface area contributed by atoms with Crippen molar-refractivity contribution in [2.24, 2.45) is 0 Å². The Morgan fingerprint density at radius 3 is 3.10 bits per heavy atom. The lowest BCUT2D eigenvalue weighted by Crippen LogP contribution is -1.82. The van der Waals surface area contributed by atoms with Crippen LogP contribution < -0.4 is 5.73 Å². The van der Waals surface area contributed by atoms with Gasteiger partial charge in [0.2, 0.25) is 5.88 Å². The van der Waals surface area contributed by atoms with Gasteiger partial charge in [-0.3, -0.25) is 0 Å². The molecule has 0 spiro atoms. The van der Waals surface area contributed by atoms with E-state index >= 15 is 0 Å². The normalized spacial score (nSPS) is 10.1. The van der Waals surface area contributed by atoms with Crippen LogP contribution in [0, 0.1) is 0 Å². The van der Waals surface area contributed by atoms with Crippen LogP contribution in [0.4, 0.5) is 5.88 Å². The first-order valence-corrected chi connectivity index (χ1v) is 4.16. The minimum absolute atomic E-state index is 0.429. The van der Waals surface area contributed by atoms with Crippen LogP contribution in [-0.2, 0) is 0 Å². The molecule has 0 aliphatic carbocycles. The Bertz CT molecular complexity index is 199. The van der Waals surface area contributed by atoms with E-state index in [0.29, 0.717) is 5.88 Å². The third-order valence-electron chi connectivity index (χ3n) is 1.03. The summed E-state index contributed by atoms with van der Waals surface area (Å²) in [6, 6.07) is 0. The summed E-state index contributed by atoms with van der Waals surface area (Å²) >= 11 is 1.67. The van der Waals surface area contributed by atoms with Gasteiger partial charge in [0.25, 0.3) is 0 Å². The number of nitrogens with two attached hydrogens (primary N) is 1. The zero-order valence-corrected chi connectivity index (χ0v) is 6.65. The van der Waals surface area contributed by atoms with Gasteiger partial charge in [0, 0.05) is 0 Å². The van der Waals surface area contributed by atoms with Crippen LogP contribution in [0.5, 0.6) is 0 Å². The standard InChI is InChI=1S/C6H10N2OS/c1-2-3-10-5-4-8-9-6(5)7/h4H,2-3,7H2,1H3. The van der Waals surface area contributed by atoms with Crippen LogP contribution in [0.15, 0.2) is 15.6 Å². The summed E-state index contributed by atoms with van der Waals surface area (Å²) in [6.07, 6.45) is 2.78. The maximum absolute atomic E-state index is 5.43. The van der Waals surface area contributed by atoms with Crippen molar-refractivity contribution in [1.29, 1.82) is 0 Å². The molecule has 2 N–H and O–H groups in total. The van der Waals surface area contributed by atoms with E-state index in [1.807, 2.05) is 0 Å². The Hall–Kier alpha value is -0.640. The van der Waals surface area contributed by atoms with Crippen molar-refractivity contribution in [1.82, 2.24) is 5.16 Å². The lowest BCUT2D eigenvalue weighted by molar-refractivity contribution is 0.435. The van der Waals surface area contributed by atoms with Crippen molar-refractivity contribution in [3.05, 3.63) is 6.20 Å². The summed E-state index contributed by atoms with van der Waals surface area (Å²) in [5.74, 6) is 1.49. The van der Waals surface area contributed by atoms with Crippen LogP contribution in [0.1, 0.15) is 13.3 Å². The Morgan fingerprint density at radius 1 is 1.80 bits per heavy atom. The molecule has 10 heavy (non-hydrogen) atoms. The van der Waals surface area contributed by atoms with Gasteiger partial charge >= 0.3 is 0 Å². The average Bonchev–Trinajstić information content (AvgIpc) is 2.31. The third-order valence-corrected chi connectivity index (χ3v) is 2.26. The minimum atomic E-state index is 0.429. The van der Waals surface area contributed by atoms with E-state index in [1.165, 1.54) is 0 Å². The molecule has 1 aromatic rings. The second-order valence-electron chi connectivity index (χ2n) is 1.90. The van der Waals surface area contributed by atoms with Gasteiger partial charge in [-0.25, -0.2) is 0 Å². The lowest BCUT2D eigenvalue weighted by atomic mass is 10.6. The summed E-state index contributed by atoms with van der Waals surface area (Å²) in [7, 11) is 0. The molecule has 56 valence electrons. The molecule has 0 aliphatic heterocycles. The zero-order chi connectivity index (χ0) is 7.40. The van der Waals surface area contributed by atoms with Crippen molar-refractivity contribution < 1.29 is 4.52 Å². The van der Waals surface area contributed by atoms with Gasteiger partial charge < -0.3 is 10.3 Å². The van der Waals surface area contributed by atoms with E-state index < -0.39 is 0 Å². The summed E-state index contributed by atoms with van der Waals surface area (Å²) in [5.41, 5.74) is 5.43. The van der Waals surface area contributed by atoms with Crippen molar-refractivity contribution in [2.75, 3.05) is 11.5 Å². The highest BCUT2D eigenvalue weighted by Gasteiger charge is 2.01. The smallest absolute Gasteiger partial charge is 0.235 e. The quantitative estimate of drug-likeness (QED) is 0.681. The molecule has 3 nitrogen and oxygen atoms in total. The van der Waals surface area contributed by atoms with Gasteiger partial charge in [-0.1, -0.05) is 12.1 Å². The molecule has 4 heteroatoms.